The molecule has 1 aromatic carbocycles. The van der Waals surface area contributed by atoms with E-state index in [-0.39, 0.29) is 19.2 Å². The van der Waals surface area contributed by atoms with Crippen LogP contribution in [-0.4, -0.2) is 35.1 Å². The second kappa shape index (κ2) is 5.61. The Hall–Kier alpha value is -1.56. The van der Waals surface area contributed by atoms with Crippen LogP contribution in [0.3, 0.4) is 0 Å². The quantitative estimate of drug-likeness (QED) is 0.853. The molecule has 0 unspecified atom stereocenters. The topological polar surface area (TPSA) is 40.5 Å². The average molecular weight is 273 g/mol. The Morgan fingerprint density at radius 1 is 1.26 bits per heavy atom. The molecule has 0 aromatic heterocycles. The lowest BCUT2D eigenvalue weighted by atomic mass is 9.91. The third-order valence-electron chi connectivity index (χ3n) is 3.38. The maximum Gasteiger partial charge on any atom is 0.257 e. The Kier molecular flexibility index (Phi) is 4.09. The smallest absolute Gasteiger partial charge is 0.257 e. The zero-order valence-corrected chi connectivity index (χ0v) is 10.2. The fourth-order valence-corrected chi connectivity index (χ4v) is 2.10. The molecule has 1 saturated carbocycles. The van der Waals surface area contributed by atoms with Crippen LogP contribution in [0.4, 0.5) is 13.2 Å². The first-order chi connectivity index (χ1) is 9.06. The van der Waals surface area contributed by atoms with Gasteiger partial charge < -0.3 is 10.0 Å². The highest BCUT2D eigenvalue weighted by Crippen LogP contribution is 2.27. The van der Waals surface area contributed by atoms with E-state index < -0.39 is 28.9 Å². The van der Waals surface area contributed by atoms with Crippen molar-refractivity contribution in [2.75, 3.05) is 13.2 Å². The van der Waals surface area contributed by atoms with Crippen molar-refractivity contribution in [3.63, 3.8) is 0 Å². The third-order valence-corrected chi connectivity index (χ3v) is 3.38. The van der Waals surface area contributed by atoms with E-state index in [1.807, 2.05) is 0 Å². The monoisotopic (exact) mass is 273 g/mol. The number of rotatable bonds is 4. The van der Waals surface area contributed by atoms with Gasteiger partial charge in [-0.15, -0.1) is 0 Å². The van der Waals surface area contributed by atoms with Crippen LogP contribution in [0.5, 0.6) is 0 Å². The fourth-order valence-electron chi connectivity index (χ4n) is 2.10. The van der Waals surface area contributed by atoms with Crippen LogP contribution in [0.1, 0.15) is 29.6 Å². The second-order valence-electron chi connectivity index (χ2n) is 4.53. The van der Waals surface area contributed by atoms with Gasteiger partial charge in [0.15, 0.2) is 17.5 Å². The SMILES string of the molecule is O=C(c1ccc(F)c(F)c1F)N(CCO)C1CCC1. The molecule has 1 amide bonds. The van der Waals surface area contributed by atoms with Crippen molar-refractivity contribution in [3.05, 3.63) is 35.1 Å². The van der Waals surface area contributed by atoms with Gasteiger partial charge in [0.05, 0.1) is 12.2 Å². The van der Waals surface area contributed by atoms with Gasteiger partial charge in [-0.3, -0.25) is 4.79 Å². The Morgan fingerprint density at radius 2 is 1.95 bits per heavy atom. The summed E-state index contributed by atoms with van der Waals surface area (Å²) in [4.78, 5) is 13.5. The van der Waals surface area contributed by atoms with Crippen LogP contribution in [-0.2, 0) is 0 Å². The van der Waals surface area contributed by atoms with Crippen molar-refractivity contribution in [3.8, 4) is 0 Å². The van der Waals surface area contributed by atoms with Crippen molar-refractivity contribution in [1.82, 2.24) is 4.90 Å². The number of aliphatic hydroxyl groups excluding tert-OH is 1. The van der Waals surface area contributed by atoms with E-state index in [1.54, 1.807) is 0 Å². The summed E-state index contributed by atoms with van der Waals surface area (Å²) >= 11 is 0. The number of amides is 1. The molecule has 1 N–H and O–H groups in total. The molecule has 2 rings (SSSR count). The standard InChI is InChI=1S/C13H14F3NO2/c14-10-5-4-9(11(15)12(10)16)13(19)17(6-7-18)8-2-1-3-8/h4-5,8,18H,1-3,6-7H2. The first-order valence-electron chi connectivity index (χ1n) is 6.11. The number of halogens is 3. The van der Waals surface area contributed by atoms with Gasteiger partial charge in [-0.25, -0.2) is 13.2 Å². The number of carbonyl (C=O) groups is 1. The predicted octanol–water partition coefficient (Wildman–Crippen LogP) is 2.09. The number of nitrogens with zero attached hydrogens (tertiary/aromatic N) is 1. The highest BCUT2D eigenvalue weighted by molar-refractivity contribution is 5.94. The Morgan fingerprint density at radius 3 is 2.47 bits per heavy atom. The first-order valence-corrected chi connectivity index (χ1v) is 6.11. The molecular formula is C13H14F3NO2. The van der Waals surface area contributed by atoms with Crippen LogP contribution in [0, 0.1) is 17.5 Å². The normalized spacial score (nSPS) is 15.2. The summed E-state index contributed by atoms with van der Waals surface area (Å²) in [5.41, 5.74) is -0.501. The molecule has 0 saturated heterocycles. The zero-order chi connectivity index (χ0) is 14.0. The molecule has 104 valence electrons. The predicted molar refractivity (Wildman–Crippen MR) is 62.1 cm³/mol. The van der Waals surface area contributed by atoms with Gasteiger partial charge in [0.25, 0.3) is 5.91 Å². The Balaban J connectivity index is 2.28. The van der Waals surface area contributed by atoms with Gasteiger partial charge in [0.2, 0.25) is 0 Å². The van der Waals surface area contributed by atoms with Crippen LogP contribution in [0.25, 0.3) is 0 Å². The van der Waals surface area contributed by atoms with Gasteiger partial charge in [-0.2, -0.15) is 0 Å². The molecule has 3 nitrogen and oxygen atoms in total. The third kappa shape index (κ3) is 2.58. The fraction of sp³-hybridized carbons (Fsp3) is 0.462. The lowest BCUT2D eigenvalue weighted by molar-refractivity contribution is 0.0520. The molecule has 19 heavy (non-hydrogen) atoms. The molecule has 0 atom stereocenters. The van der Waals surface area contributed by atoms with Gasteiger partial charge in [-0.05, 0) is 31.4 Å². The maximum absolute atomic E-state index is 13.6. The van der Waals surface area contributed by atoms with Gasteiger partial charge in [0.1, 0.15) is 0 Å². The van der Waals surface area contributed by atoms with Crippen molar-refractivity contribution < 1.29 is 23.1 Å². The summed E-state index contributed by atoms with van der Waals surface area (Å²) in [7, 11) is 0. The van der Waals surface area contributed by atoms with E-state index in [0.717, 1.165) is 31.4 Å². The molecular weight excluding hydrogens is 259 g/mol. The molecule has 0 radical (unpaired) electrons. The maximum atomic E-state index is 13.6. The Bertz CT molecular complexity index is 489. The van der Waals surface area contributed by atoms with Crippen LogP contribution < -0.4 is 0 Å². The minimum Gasteiger partial charge on any atom is -0.395 e. The van der Waals surface area contributed by atoms with Crippen LogP contribution in [0.2, 0.25) is 0 Å². The first kappa shape index (κ1) is 13.9. The molecule has 0 heterocycles. The molecule has 6 heteroatoms. The van der Waals surface area contributed by atoms with Gasteiger partial charge in [-0.1, -0.05) is 0 Å². The molecule has 0 spiro atoms. The van der Waals surface area contributed by atoms with Gasteiger partial charge in [0, 0.05) is 12.6 Å². The minimum absolute atomic E-state index is 0.0575. The average Bonchev–Trinajstić information content (AvgIpc) is 2.33. The van der Waals surface area contributed by atoms with E-state index in [0.29, 0.717) is 0 Å². The number of benzene rings is 1. The number of hydrogen-bond acceptors (Lipinski definition) is 2. The minimum atomic E-state index is -1.65. The zero-order valence-electron chi connectivity index (χ0n) is 10.2. The molecule has 1 aromatic rings. The van der Waals surface area contributed by atoms with Crippen molar-refractivity contribution in [2.45, 2.75) is 25.3 Å². The highest BCUT2D eigenvalue weighted by Gasteiger charge is 2.31. The summed E-state index contributed by atoms with van der Waals surface area (Å²) in [5, 5.41) is 8.95. The number of carbonyl (C=O) groups excluding carboxylic acids is 1. The summed E-state index contributed by atoms with van der Waals surface area (Å²) in [6, 6.07) is 1.59. The van der Waals surface area contributed by atoms with E-state index >= 15 is 0 Å². The van der Waals surface area contributed by atoms with E-state index in [4.69, 9.17) is 5.11 Å². The van der Waals surface area contributed by atoms with Gasteiger partial charge >= 0.3 is 0 Å². The van der Waals surface area contributed by atoms with E-state index in [9.17, 15) is 18.0 Å². The van der Waals surface area contributed by atoms with E-state index in [1.165, 1.54) is 4.90 Å². The summed E-state index contributed by atoms with van der Waals surface area (Å²) in [6.45, 7) is -0.199. The molecule has 1 fully saturated rings. The van der Waals surface area contributed by atoms with E-state index in [2.05, 4.69) is 0 Å². The summed E-state index contributed by atoms with van der Waals surface area (Å²) < 4.78 is 39.5. The number of aliphatic hydroxyl groups is 1. The largest absolute Gasteiger partial charge is 0.395 e. The number of hydrogen-bond donors (Lipinski definition) is 1. The van der Waals surface area contributed by atoms with Crippen molar-refractivity contribution in [1.29, 1.82) is 0 Å². The summed E-state index contributed by atoms with van der Waals surface area (Å²) in [6.07, 6.45) is 2.51. The summed E-state index contributed by atoms with van der Waals surface area (Å²) in [5.74, 6) is -5.17. The van der Waals surface area contributed by atoms with Crippen LogP contribution in [0.15, 0.2) is 12.1 Å². The van der Waals surface area contributed by atoms with Crippen molar-refractivity contribution in [2.24, 2.45) is 0 Å². The molecule has 0 bridgehead atoms. The lowest BCUT2D eigenvalue weighted by Crippen LogP contribution is -2.46. The molecule has 1 aliphatic rings. The lowest BCUT2D eigenvalue weighted by Gasteiger charge is -2.37. The van der Waals surface area contributed by atoms with Crippen molar-refractivity contribution >= 4 is 5.91 Å². The molecule has 1 aliphatic carbocycles. The second-order valence-corrected chi connectivity index (χ2v) is 4.53. The Labute approximate surface area is 108 Å². The molecule has 0 aliphatic heterocycles. The highest BCUT2D eigenvalue weighted by atomic mass is 19.2. The van der Waals surface area contributed by atoms with Crippen LogP contribution >= 0.6 is 0 Å².